The number of nitrogens with zero attached hydrogens (tertiary/aromatic N) is 2. The highest BCUT2D eigenvalue weighted by molar-refractivity contribution is 5.81. The van der Waals surface area contributed by atoms with E-state index in [2.05, 4.69) is 35.3 Å². The lowest BCUT2D eigenvalue weighted by molar-refractivity contribution is -0.142. The van der Waals surface area contributed by atoms with Gasteiger partial charge in [0, 0.05) is 32.8 Å². The van der Waals surface area contributed by atoms with Crippen LogP contribution in [0.3, 0.4) is 0 Å². The SMILES string of the molecule is C[C@@H](NC(=O)CN1CCN(C(=O)[C@@H]2CCCO2)CC1)c1ccc2c(c1)CCCC2. The number of hydrogen-bond donors (Lipinski definition) is 1. The summed E-state index contributed by atoms with van der Waals surface area (Å²) >= 11 is 0. The number of rotatable bonds is 5. The van der Waals surface area contributed by atoms with Crippen molar-refractivity contribution < 1.29 is 14.3 Å². The minimum absolute atomic E-state index is 0.0112. The highest BCUT2D eigenvalue weighted by Gasteiger charge is 2.30. The van der Waals surface area contributed by atoms with Crippen molar-refractivity contribution in [1.29, 1.82) is 0 Å². The Labute approximate surface area is 173 Å². The number of piperazine rings is 1. The molecule has 3 aliphatic rings. The first-order chi connectivity index (χ1) is 14.1. The van der Waals surface area contributed by atoms with Crippen molar-refractivity contribution in [3.05, 3.63) is 34.9 Å². The van der Waals surface area contributed by atoms with E-state index in [1.54, 1.807) is 0 Å². The molecule has 2 aliphatic heterocycles. The standard InChI is InChI=1S/C23H33N3O3/c1-17(19-9-8-18-5-2-3-6-20(18)15-19)24-22(27)16-25-10-12-26(13-11-25)23(28)21-7-4-14-29-21/h8-9,15,17,21H,2-7,10-14,16H2,1H3,(H,24,27)/t17-,21+/m1/s1. The van der Waals surface area contributed by atoms with E-state index in [1.165, 1.54) is 36.0 Å². The van der Waals surface area contributed by atoms with Crippen LogP contribution >= 0.6 is 0 Å². The van der Waals surface area contributed by atoms with E-state index in [1.807, 2.05) is 4.90 Å². The second-order valence-corrected chi connectivity index (χ2v) is 8.63. The molecule has 158 valence electrons. The Morgan fingerprint density at radius 2 is 1.86 bits per heavy atom. The Kier molecular flexibility index (Phi) is 6.50. The highest BCUT2D eigenvalue weighted by atomic mass is 16.5. The third kappa shape index (κ3) is 4.98. The monoisotopic (exact) mass is 399 g/mol. The maximum absolute atomic E-state index is 12.6. The number of aryl methyl sites for hydroxylation is 2. The number of benzene rings is 1. The summed E-state index contributed by atoms with van der Waals surface area (Å²) in [5.74, 6) is 0.168. The summed E-state index contributed by atoms with van der Waals surface area (Å²) in [5.41, 5.74) is 4.10. The molecule has 4 rings (SSSR count). The average Bonchev–Trinajstić information content (AvgIpc) is 3.28. The van der Waals surface area contributed by atoms with E-state index in [0.29, 0.717) is 26.2 Å². The maximum Gasteiger partial charge on any atom is 0.251 e. The smallest absolute Gasteiger partial charge is 0.251 e. The predicted molar refractivity (Wildman–Crippen MR) is 112 cm³/mol. The fraction of sp³-hybridized carbons (Fsp3) is 0.652. The minimum Gasteiger partial charge on any atom is -0.368 e. The molecule has 2 saturated heterocycles. The summed E-state index contributed by atoms with van der Waals surface area (Å²) in [6.45, 7) is 5.95. The lowest BCUT2D eigenvalue weighted by Crippen LogP contribution is -2.53. The number of amides is 2. The summed E-state index contributed by atoms with van der Waals surface area (Å²) in [4.78, 5) is 29.0. The van der Waals surface area contributed by atoms with Crippen LogP contribution in [0.1, 0.15) is 55.3 Å². The van der Waals surface area contributed by atoms with Gasteiger partial charge in [0.05, 0.1) is 12.6 Å². The Bertz CT molecular complexity index is 737. The van der Waals surface area contributed by atoms with Crippen LogP contribution in [-0.4, -0.2) is 67.0 Å². The molecule has 1 aliphatic carbocycles. The van der Waals surface area contributed by atoms with Gasteiger partial charge in [-0.15, -0.1) is 0 Å². The lowest BCUT2D eigenvalue weighted by atomic mass is 9.89. The van der Waals surface area contributed by atoms with Gasteiger partial charge in [-0.3, -0.25) is 14.5 Å². The largest absolute Gasteiger partial charge is 0.368 e. The van der Waals surface area contributed by atoms with Gasteiger partial charge in [-0.25, -0.2) is 0 Å². The molecule has 6 heteroatoms. The average molecular weight is 400 g/mol. The first kappa shape index (κ1) is 20.4. The number of hydrogen-bond acceptors (Lipinski definition) is 4. The Morgan fingerprint density at radius 3 is 2.59 bits per heavy atom. The van der Waals surface area contributed by atoms with E-state index in [-0.39, 0.29) is 24.0 Å². The van der Waals surface area contributed by atoms with Gasteiger partial charge in [0.15, 0.2) is 0 Å². The molecule has 2 amide bonds. The van der Waals surface area contributed by atoms with E-state index in [9.17, 15) is 9.59 Å². The second-order valence-electron chi connectivity index (χ2n) is 8.63. The first-order valence-electron chi connectivity index (χ1n) is 11.1. The molecule has 1 aromatic carbocycles. The zero-order chi connectivity index (χ0) is 20.2. The molecule has 2 heterocycles. The number of fused-ring (bicyclic) bond motifs is 1. The number of ether oxygens (including phenoxy) is 1. The number of carbonyl (C=O) groups is 2. The van der Waals surface area contributed by atoms with Crippen LogP contribution in [0.5, 0.6) is 0 Å². The van der Waals surface area contributed by atoms with Crippen molar-refractivity contribution >= 4 is 11.8 Å². The Hall–Kier alpha value is -1.92. The van der Waals surface area contributed by atoms with Gasteiger partial charge >= 0.3 is 0 Å². The topological polar surface area (TPSA) is 61.9 Å². The van der Waals surface area contributed by atoms with E-state index in [4.69, 9.17) is 4.74 Å². The zero-order valence-corrected chi connectivity index (χ0v) is 17.5. The van der Waals surface area contributed by atoms with Crippen molar-refractivity contribution in [2.45, 2.75) is 57.6 Å². The van der Waals surface area contributed by atoms with Gasteiger partial charge in [0.25, 0.3) is 5.91 Å². The van der Waals surface area contributed by atoms with Crippen molar-refractivity contribution in [3.8, 4) is 0 Å². The van der Waals surface area contributed by atoms with Gasteiger partial charge < -0.3 is 15.0 Å². The fourth-order valence-corrected chi connectivity index (χ4v) is 4.70. The van der Waals surface area contributed by atoms with Gasteiger partial charge in [-0.2, -0.15) is 0 Å². The summed E-state index contributed by atoms with van der Waals surface area (Å²) in [7, 11) is 0. The summed E-state index contributed by atoms with van der Waals surface area (Å²) in [6, 6.07) is 6.67. The second kappa shape index (κ2) is 9.26. The molecule has 1 aromatic rings. The molecule has 2 atom stereocenters. The highest BCUT2D eigenvalue weighted by Crippen LogP contribution is 2.24. The quantitative estimate of drug-likeness (QED) is 0.823. The molecule has 0 saturated carbocycles. The molecule has 0 aromatic heterocycles. The van der Waals surface area contributed by atoms with Crippen molar-refractivity contribution in [3.63, 3.8) is 0 Å². The van der Waals surface area contributed by atoms with Crippen LogP contribution < -0.4 is 5.32 Å². The fourth-order valence-electron chi connectivity index (χ4n) is 4.70. The first-order valence-corrected chi connectivity index (χ1v) is 11.1. The van der Waals surface area contributed by atoms with Gasteiger partial charge in [-0.1, -0.05) is 18.2 Å². The number of carbonyl (C=O) groups excluding carboxylic acids is 2. The van der Waals surface area contributed by atoms with Crippen LogP contribution in [0, 0.1) is 0 Å². The Balaban J connectivity index is 1.23. The van der Waals surface area contributed by atoms with Gasteiger partial charge in [0.1, 0.15) is 6.10 Å². The van der Waals surface area contributed by atoms with Crippen molar-refractivity contribution in [2.24, 2.45) is 0 Å². The molecule has 2 fully saturated rings. The maximum atomic E-state index is 12.6. The minimum atomic E-state index is -0.248. The lowest BCUT2D eigenvalue weighted by Gasteiger charge is -2.35. The molecule has 29 heavy (non-hydrogen) atoms. The molecule has 0 spiro atoms. The van der Waals surface area contributed by atoms with Crippen LogP contribution in [0.4, 0.5) is 0 Å². The third-order valence-electron chi connectivity index (χ3n) is 6.51. The Morgan fingerprint density at radius 1 is 1.10 bits per heavy atom. The molecule has 0 unspecified atom stereocenters. The summed E-state index contributed by atoms with van der Waals surface area (Å²) in [6.07, 6.45) is 6.43. The van der Waals surface area contributed by atoms with Crippen LogP contribution in [0.15, 0.2) is 18.2 Å². The molecular formula is C23H33N3O3. The van der Waals surface area contributed by atoms with E-state index >= 15 is 0 Å². The van der Waals surface area contributed by atoms with Gasteiger partial charge in [0.2, 0.25) is 5.91 Å². The summed E-state index contributed by atoms with van der Waals surface area (Å²) < 4.78 is 5.51. The van der Waals surface area contributed by atoms with E-state index in [0.717, 1.165) is 32.4 Å². The van der Waals surface area contributed by atoms with Crippen LogP contribution in [-0.2, 0) is 27.2 Å². The van der Waals surface area contributed by atoms with E-state index < -0.39 is 0 Å². The zero-order valence-electron chi connectivity index (χ0n) is 17.5. The van der Waals surface area contributed by atoms with Crippen molar-refractivity contribution in [2.75, 3.05) is 39.3 Å². The normalized spacial score (nSPS) is 23.5. The summed E-state index contributed by atoms with van der Waals surface area (Å²) in [5, 5.41) is 3.15. The molecule has 6 nitrogen and oxygen atoms in total. The molecule has 1 N–H and O–H groups in total. The number of nitrogens with one attached hydrogen (secondary N) is 1. The molecular weight excluding hydrogens is 366 g/mol. The third-order valence-corrected chi connectivity index (χ3v) is 6.51. The predicted octanol–water partition coefficient (Wildman–Crippen LogP) is 2.07. The van der Waals surface area contributed by atoms with Crippen LogP contribution in [0.2, 0.25) is 0 Å². The molecule has 0 bridgehead atoms. The molecule has 0 radical (unpaired) electrons. The van der Waals surface area contributed by atoms with Crippen molar-refractivity contribution in [1.82, 2.24) is 15.1 Å². The van der Waals surface area contributed by atoms with Crippen LogP contribution in [0.25, 0.3) is 0 Å². The van der Waals surface area contributed by atoms with Gasteiger partial charge in [-0.05, 0) is 62.1 Å².